The zero-order valence-corrected chi connectivity index (χ0v) is 8.12. The summed E-state index contributed by atoms with van der Waals surface area (Å²) in [6.07, 6.45) is 3.71. The third-order valence-corrected chi connectivity index (χ3v) is 3.61. The molecule has 0 saturated heterocycles. The van der Waals surface area contributed by atoms with E-state index in [0.29, 0.717) is 12.0 Å². The number of fused-ring (bicyclic) bond motifs is 1. The Bertz CT molecular complexity index is 217. The van der Waals surface area contributed by atoms with Crippen LogP contribution < -0.4 is 11.1 Å². The Morgan fingerprint density at radius 1 is 1.46 bits per heavy atom. The van der Waals surface area contributed by atoms with Gasteiger partial charge in [-0.2, -0.15) is 0 Å². The standard InChI is InChI=1S/C10H18N2O/c1-6(13)12-5-7-2-8-4-10(11)9(8)3-7/h7-10H,2-5,11H2,1H3,(H,12,13). The molecule has 13 heavy (non-hydrogen) atoms. The van der Waals surface area contributed by atoms with Crippen molar-refractivity contribution in [1.82, 2.24) is 5.32 Å². The summed E-state index contributed by atoms with van der Waals surface area (Å²) in [5, 5.41) is 2.89. The van der Waals surface area contributed by atoms with Gasteiger partial charge in [-0.05, 0) is 37.0 Å². The molecule has 0 aromatic heterocycles. The molecule has 0 heterocycles. The fraction of sp³-hybridized carbons (Fsp3) is 0.900. The van der Waals surface area contributed by atoms with Crippen molar-refractivity contribution in [2.75, 3.05) is 6.54 Å². The lowest BCUT2D eigenvalue weighted by Crippen LogP contribution is -2.44. The van der Waals surface area contributed by atoms with Gasteiger partial charge in [0.2, 0.25) is 5.91 Å². The number of nitrogens with two attached hydrogens (primary N) is 1. The van der Waals surface area contributed by atoms with E-state index in [2.05, 4.69) is 5.32 Å². The van der Waals surface area contributed by atoms with E-state index in [1.54, 1.807) is 6.92 Å². The Hall–Kier alpha value is -0.570. The first-order valence-corrected chi connectivity index (χ1v) is 5.17. The van der Waals surface area contributed by atoms with Crippen LogP contribution in [0.1, 0.15) is 26.2 Å². The molecule has 0 bridgehead atoms. The number of nitrogens with one attached hydrogen (secondary N) is 1. The van der Waals surface area contributed by atoms with Crippen LogP contribution in [0.2, 0.25) is 0 Å². The zero-order chi connectivity index (χ0) is 9.42. The van der Waals surface area contributed by atoms with Gasteiger partial charge in [-0.3, -0.25) is 4.79 Å². The van der Waals surface area contributed by atoms with Crippen molar-refractivity contribution < 1.29 is 4.79 Å². The smallest absolute Gasteiger partial charge is 0.216 e. The van der Waals surface area contributed by atoms with E-state index in [4.69, 9.17) is 5.73 Å². The van der Waals surface area contributed by atoms with E-state index in [0.717, 1.165) is 18.4 Å². The Morgan fingerprint density at radius 2 is 2.23 bits per heavy atom. The maximum Gasteiger partial charge on any atom is 0.216 e. The van der Waals surface area contributed by atoms with Crippen LogP contribution in [0.15, 0.2) is 0 Å². The van der Waals surface area contributed by atoms with Crippen LogP contribution in [-0.4, -0.2) is 18.5 Å². The SMILES string of the molecule is CC(=O)NCC1CC2CC(N)C2C1. The van der Waals surface area contributed by atoms with E-state index in [1.807, 2.05) is 0 Å². The van der Waals surface area contributed by atoms with Crippen LogP contribution in [0.3, 0.4) is 0 Å². The second-order valence-corrected chi connectivity index (χ2v) is 4.60. The molecule has 2 fully saturated rings. The summed E-state index contributed by atoms with van der Waals surface area (Å²) in [4.78, 5) is 10.7. The van der Waals surface area contributed by atoms with E-state index >= 15 is 0 Å². The highest BCUT2D eigenvalue weighted by Crippen LogP contribution is 2.48. The predicted octanol–water partition coefficient (Wildman–Crippen LogP) is 0.496. The van der Waals surface area contributed by atoms with Crippen molar-refractivity contribution in [3.8, 4) is 0 Å². The topological polar surface area (TPSA) is 55.1 Å². The first kappa shape index (κ1) is 9.00. The molecule has 0 aromatic rings. The Morgan fingerprint density at radius 3 is 2.77 bits per heavy atom. The highest BCUT2D eigenvalue weighted by Gasteiger charge is 2.45. The number of carbonyl (C=O) groups excluding carboxylic acids is 1. The first-order chi connectivity index (χ1) is 6.16. The largest absolute Gasteiger partial charge is 0.356 e. The molecule has 3 nitrogen and oxygen atoms in total. The summed E-state index contributed by atoms with van der Waals surface area (Å²) in [6, 6.07) is 0.451. The summed E-state index contributed by atoms with van der Waals surface area (Å²) in [6.45, 7) is 2.43. The average Bonchev–Trinajstić information content (AvgIpc) is 2.39. The number of rotatable bonds is 2. The molecule has 2 aliphatic rings. The van der Waals surface area contributed by atoms with E-state index in [-0.39, 0.29) is 5.91 Å². The van der Waals surface area contributed by atoms with Crippen LogP contribution in [0.25, 0.3) is 0 Å². The molecule has 1 amide bonds. The van der Waals surface area contributed by atoms with Crippen molar-refractivity contribution in [1.29, 1.82) is 0 Å². The van der Waals surface area contributed by atoms with Gasteiger partial charge in [0.05, 0.1) is 0 Å². The molecule has 0 aromatic carbocycles. The van der Waals surface area contributed by atoms with Crippen molar-refractivity contribution >= 4 is 5.91 Å². The third kappa shape index (κ3) is 1.70. The van der Waals surface area contributed by atoms with Crippen LogP contribution in [0.4, 0.5) is 0 Å². The molecule has 0 spiro atoms. The second-order valence-electron chi connectivity index (χ2n) is 4.60. The number of hydrogen-bond donors (Lipinski definition) is 2. The highest BCUT2D eigenvalue weighted by molar-refractivity contribution is 5.72. The fourth-order valence-electron chi connectivity index (χ4n) is 2.86. The molecular formula is C10H18N2O. The number of carbonyl (C=O) groups is 1. The molecule has 0 radical (unpaired) electrons. The van der Waals surface area contributed by atoms with Crippen molar-refractivity contribution in [2.45, 2.75) is 32.2 Å². The molecule has 4 unspecified atom stereocenters. The second kappa shape index (κ2) is 3.29. The average molecular weight is 182 g/mol. The minimum absolute atomic E-state index is 0.0866. The number of amides is 1. The first-order valence-electron chi connectivity index (χ1n) is 5.17. The van der Waals surface area contributed by atoms with Gasteiger partial charge in [0.15, 0.2) is 0 Å². The Labute approximate surface area is 79.1 Å². The van der Waals surface area contributed by atoms with Crippen molar-refractivity contribution in [3.05, 3.63) is 0 Å². The van der Waals surface area contributed by atoms with Gasteiger partial charge >= 0.3 is 0 Å². The van der Waals surface area contributed by atoms with Gasteiger partial charge < -0.3 is 11.1 Å². The quantitative estimate of drug-likeness (QED) is 0.653. The lowest BCUT2D eigenvalue weighted by molar-refractivity contribution is -0.119. The van der Waals surface area contributed by atoms with Gasteiger partial charge in [0.1, 0.15) is 0 Å². The lowest BCUT2D eigenvalue weighted by atomic mass is 9.72. The van der Waals surface area contributed by atoms with E-state index < -0.39 is 0 Å². The molecule has 2 rings (SSSR count). The van der Waals surface area contributed by atoms with Crippen molar-refractivity contribution in [2.24, 2.45) is 23.5 Å². The molecule has 3 heteroatoms. The molecule has 2 saturated carbocycles. The molecule has 4 atom stereocenters. The van der Waals surface area contributed by atoms with Gasteiger partial charge in [0.25, 0.3) is 0 Å². The monoisotopic (exact) mass is 182 g/mol. The molecular weight excluding hydrogens is 164 g/mol. The maximum atomic E-state index is 10.7. The van der Waals surface area contributed by atoms with Gasteiger partial charge in [-0.15, -0.1) is 0 Å². The van der Waals surface area contributed by atoms with Crippen LogP contribution >= 0.6 is 0 Å². The van der Waals surface area contributed by atoms with Crippen molar-refractivity contribution in [3.63, 3.8) is 0 Å². The van der Waals surface area contributed by atoms with Crippen LogP contribution in [0.5, 0.6) is 0 Å². The van der Waals surface area contributed by atoms with Gasteiger partial charge in [0, 0.05) is 19.5 Å². The Balaban J connectivity index is 1.75. The van der Waals surface area contributed by atoms with Crippen LogP contribution in [0, 0.1) is 17.8 Å². The maximum absolute atomic E-state index is 10.7. The summed E-state index contributed by atoms with van der Waals surface area (Å²) in [5.74, 6) is 2.41. The van der Waals surface area contributed by atoms with Gasteiger partial charge in [-0.1, -0.05) is 0 Å². The minimum atomic E-state index is 0.0866. The zero-order valence-electron chi connectivity index (χ0n) is 8.12. The summed E-state index contributed by atoms with van der Waals surface area (Å²) >= 11 is 0. The van der Waals surface area contributed by atoms with E-state index in [9.17, 15) is 4.79 Å². The fourth-order valence-corrected chi connectivity index (χ4v) is 2.86. The minimum Gasteiger partial charge on any atom is -0.356 e. The summed E-state index contributed by atoms with van der Waals surface area (Å²) in [5.41, 5.74) is 5.89. The lowest BCUT2D eigenvalue weighted by Gasteiger charge is -2.37. The molecule has 0 aliphatic heterocycles. The van der Waals surface area contributed by atoms with Gasteiger partial charge in [-0.25, -0.2) is 0 Å². The van der Waals surface area contributed by atoms with Crippen LogP contribution in [-0.2, 0) is 4.79 Å². The predicted molar refractivity (Wildman–Crippen MR) is 51.0 cm³/mol. The summed E-state index contributed by atoms with van der Waals surface area (Å²) < 4.78 is 0. The Kier molecular flexibility index (Phi) is 2.28. The van der Waals surface area contributed by atoms with E-state index in [1.165, 1.54) is 19.3 Å². The molecule has 3 N–H and O–H groups in total. The summed E-state index contributed by atoms with van der Waals surface area (Å²) in [7, 11) is 0. The third-order valence-electron chi connectivity index (χ3n) is 3.61. The normalized spacial score (nSPS) is 42.3. The molecule has 74 valence electrons. The molecule has 2 aliphatic carbocycles. The highest BCUT2D eigenvalue weighted by atomic mass is 16.1. The number of hydrogen-bond acceptors (Lipinski definition) is 2.